The van der Waals surface area contributed by atoms with Gasteiger partial charge >= 0.3 is 0 Å². The summed E-state index contributed by atoms with van der Waals surface area (Å²) < 4.78 is 16.2. The van der Waals surface area contributed by atoms with Crippen LogP contribution in [0.1, 0.15) is 13.3 Å². The van der Waals surface area contributed by atoms with E-state index in [1.54, 1.807) is 6.92 Å². The Balaban J connectivity index is 1.98. The molecule has 1 saturated heterocycles. The van der Waals surface area contributed by atoms with Gasteiger partial charge in [0, 0.05) is 6.42 Å². The van der Waals surface area contributed by atoms with Gasteiger partial charge in [0.2, 0.25) is 12.1 Å². The predicted octanol–water partition coefficient (Wildman–Crippen LogP) is 1.74. The molecule has 0 saturated carbocycles. The lowest BCUT2D eigenvalue weighted by molar-refractivity contribution is -0.297. The second kappa shape index (κ2) is 4.63. The van der Waals surface area contributed by atoms with E-state index in [-0.39, 0.29) is 0 Å². The van der Waals surface area contributed by atoms with Crippen LogP contribution in [0, 0.1) is 0 Å². The van der Waals surface area contributed by atoms with Crippen molar-refractivity contribution in [3.8, 4) is 5.75 Å². The smallest absolute Gasteiger partial charge is 0.226 e. The van der Waals surface area contributed by atoms with E-state index in [1.807, 2.05) is 30.3 Å². The highest BCUT2D eigenvalue weighted by atomic mass is 16.8. The van der Waals surface area contributed by atoms with Gasteiger partial charge in [0.25, 0.3) is 0 Å². The quantitative estimate of drug-likeness (QED) is 0.731. The van der Waals surface area contributed by atoms with Gasteiger partial charge in [-0.1, -0.05) is 18.2 Å². The Hall–Kier alpha value is -1.39. The van der Waals surface area contributed by atoms with E-state index in [0.29, 0.717) is 19.3 Å². The highest BCUT2D eigenvalue weighted by Gasteiger charge is 2.34. The average molecular weight is 222 g/mol. The molecule has 0 N–H and O–H groups in total. The number of carbonyl (C=O) groups is 1. The minimum Gasteiger partial charge on any atom is -0.465 e. The van der Waals surface area contributed by atoms with Crippen molar-refractivity contribution in [3.05, 3.63) is 30.3 Å². The van der Waals surface area contributed by atoms with E-state index in [9.17, 15) is 4.79 Å². The first-order valence-electron chi connectivity index (χ1n) is 5.22. The Morgan fingerprint density at radius 3 is 2.88 bits per heavy atom. The molecular weight excluding hydrogens is 208 g/mol. The molecular formula is C12H14O4. The fourth-order valence-corrected chi connectivity index (χ4v) is 1.51. The van der Waals surface area contributed by atoms with Gasteiger partial charge < -0.3 is 14.2 Å². The summed E-state index contributed by atoms with van der Waals surface area (Å²) in [6, 6.07) is 9.36. The SMILES string of the molecule is CC1(C=O)OCCC(Oc2ccccc2)O1. The van der Waals surface area contributed by atoms with Crippen LogP contribution >= 0.6 is 0 Å². The number of carbonyl (C=O) groups excluding carboxylic acids is 1. The van der Waals surface area contributed by atoms with Crippen molar-refractivity contribution in [1.29, 1.82) is 0 Å². The zero-order valence-corrected chi connectivity index (χ0v) is 9.09. The molecule has 86 valence electrons. The van der Waals surface area contributed by atoms with Crippen LogP contribution in [0.25, 0.3) is 0 Å². The van der Waals surface area contributed by atoms with Gasteiger partial charge in [-0.05, 0) is 19.1 Å². The van der Waals surface area contributed by atoms with Crippen molar-refractivity contribution in [1.82, 2.24) is 0 Å². The van der Waals surface area contributed by atoms with Crippen molar-refractivity contribution in [2.24, 2.45) is 0 Å². The molecule has 1 aromatic carbocycles. The van der Waals surface area contributed by atoms with Gasteiger partial charge in [-0.25, -0.2) is 0 Å². The Labute approximate surface area is 94.1 Å². The first kappa shape index (κ1) is 11.1. The Morgan fingerprint density at radius 1 is 1.44 bits per heavy atom. The molecule has 2 unspecified atom stereocenters. The zero-order valence-electron chi connectivity index (χ0n) is 9.09. The third-order valence-corrected chi connectivity index (χ3v) is 2.33. The van der Waals surface area contributed by atoms with Crippen LogP contribution in [0.4, 0.5) is 0 Å². The lowest BCUT2D eigenvalue weighted by atomic mass is 10.3. The molecule has 0 aromatic heterocycles. The molecule has 1 aliphatic heterocycles. The highest BCUT2D eigenvalue weighted by molar-refractivity contribution is 5.59. The fraction of sp³-hybridized carbons (Fsp3) is 0.417. The number of hydrogen-bond donors (Lipinski definition) is 0. The number of rotatable bonds is 3. The number of aldehydes is 1. The van der Waals surface area contributed by atoms with E-state index in [0.717, 1.165) is 5.75 Å². The molecule has 4 heteroatoms. The van der Waals surface area contributed by atoms with Crippen LogP contribution in [0.15, 0.2) is 30.3 Å². The summed E-state index contributed by atoms with van der Waals surface area (Å²) in [6.45, 7) is 2.03. The summed E-state index contributed by atoms with van der Waals surface area (Å²) in [5.74, 6) is -0.458. The first-order valence-corrected chi connectivity index (χ1v) is 5.22. The summed E-state index contributed by atoms with van der Waals surface area (Å²) in [6.07, 6.45) is 0.817. The van der Waals surface area contributed by atoms with Gasteiger partial charge in [-0.3, -0.25) is 4.79 Å². The van der Waals surface area contributed by atoms with Crippen molar-refractivity contribution < 1.29 is 19.0 Å². The average Bonchev–Trinajstić information content (AvgIpc) is 2.30. The number of benzene rings is 1. The first-order chi connectivity index (χ1) is 7.72. The van der Waals surface area contributed by atoms with E-state index < -0.39 is 12.1 Å². The standard InChI is InChI=1S/C12H14O4/c1-12(9-13)14-8-7-11(16-12)15-10-5-3-2-4-6-10/h2-6,9,11H,7-8H2,1H3. The molecule has 1 fully saturated rings. The van der Waals surface area contributed by atoms with Crippen molar-refractivity contribution in [2.75, 3.05) is 6.61 Å². The predicted molar refractivity (Wildman–Crippen MR) is 57.0 cm³/mol. The minimum atomic E-state index is -1.18. The molecule has 2 rings (SSSR count). The summed E-state index contributed by atoms with van der Waals surface area (Å²) >= 11 is 0. The molecule has 0 bridgehead atoms. The van der Waals surface area contributed by atoms with Gasteiger partial charge in [-0.2, -0.15) is 0 Å². The zero-order chi connectivity index (χ0) is 11.4. The minimum absolute atomic E-state index is 0.439. The van der Waals surface area contributed by atoms with E-state index in [1.165, 1.54) is 0 Å². The molecule has 1 heterocycles. The van der Waals surface area contributed by atoms with Crippen molar-refractivity contribution in [3.63, 3.8) is 0 Å². The summed E-state index contributed by atoms with van der Waals surface area (Å²) in [4.78, 5) is 10.8. The van der Waals surface area contributed by atoms with E-state index in [4.69, 9.17) is 14.2 Å². The highest BCUT2D eigenvalue weighted by Crippen LogP contribution is 2.23. The van der Waals surface area contributed by atoms with E-state index >= 15 is 0 Å². The molecule has 1 aliphatic rings. The molecule has 0 radical (unpaired) electrons. The summed E-state index contributed by atoms with van der Waals surface area (Å²) in [5.41, 5.74) is 0. The lowest BCUT2D eigenvalue weighted by Crippen LogP contribution is -2.45. The largest absolute Gasteiger partial charge is 0.465 e. The van der Waals surface area contributed by atoms with Crippen molar-refractivity contribution in [2.45, 2.75) is 25.4 Å². The Kier molecular flexibility index (Phi) is 3.22. The molecule has 0 aliphatic carbocycles. The summed E-state index contributed by atoms with van der Waals surface area (Å²) in [7, 11) is 0. The second-order valence-corrected chi connectivity index (χ2v) is 3.75. The lowest BCUT2D eigenvalue weighted by Gasteiger charge is -2.34. The number of ether oxygens (including phenoxy) is 3. The maximum absolute atomic E-state index is 10.8. The topological polar surface area (TPSA) is 44.8 Å². The number of hydrogen-bond acceptors (Lipinski definition) is 4. The summed E-state index contributed by atoms with van der Waals surface area (Å²) in [5, 5.41) is 0. The molecule has 16 heavy (non-hydrogen) atoms. The Bertz CT molecular complexity index is 351. The second-order valence-electron chi connectivity index (χ2n) is 3.75. The monoisotopic (exact) mass is 222 g/mol. The van der Waals surface area contributed by atoms with Gasteiger partial charge in [0.1, 0.15) is 5.75 Å². The maximum Gasteiger partial charge on any atom is 0.226 e. The molecule has 2 atom stereocenters. The molecule has 0 amide bonds. The third-order valence-electron chi connectivity index (χ3n) is 2.33. The van der Waals surface area contributed by atoms with Crippen LogP contribution < -0.4 is 4.74 Å². The van der Waals surface area contributed by atoms with Crippen LogP contribution in [0.5, 0.6) is 5.75 Å². The van der Waals surface area contributed by atoms with Crippen LogP contribution in [-0.2, 0) is 14.3 Å². The number of para-hydroxylation sites is 1. The van der Waals surface area contributed by atoms with Gasteiger partial charge in [-0.15, -0.1) is 0 Å². The Morgan fingerprint density at radius 2 is 2.19 bits per heavy atom. The van der Waals surface area contributed by atoms with Crippen LogP contribution in [0.2, 0.25) is 0 Å². The third kappa shape index (κ3) is 2.59. The van der Waals surface area contributed by atoms with Crippen LogP contribution in [-0.4, -0.2) is 25.0 Å². The normalized spacial score (nSPS) is 29.7. The maximum atomic E-state index is 10.8. The van der Waals surface area contributed by atoms with Crippen LogP contribution in [0.3, 0.4) is 0 Å². The van der Waals surface area contributed by atoms with Gasteiger partial charge in [0.05, 0.1) is 6.61 Å². The van der Waals surface area contributed by atoms with E-state index in [2.05, 4.69) is 0 Å². The molecule has 4 nitrogen and oxygen atoms in total. The molecule has 0 spiro atoms. The molecule has 1 aromatic rings. The van der Waals surface area contributed by atoms with Crippen molar-refractivity contribution >= 4 is 6.29 Å². The fourth-order valence-electron chi connectivity index (χ4n) is 1.51. The van der Waals surface area contributed by atoms with Gasteiger partial charge in [0.15, 0.2) is 6.29 Å².